The second kappa shape index (κ2) is 7.43. The molecule has 0 aromatic heterocycles. The first-order valence-corrected chi connectivity index (χ1v) is 9.71. The van der Waals surface area contributed by atoms with Crippen LogP contribution in [-0.4, -0.2) is 4.67 Å². The molecule has 0 amide bonds. The van der Waals surface area contributed by atoms with Gasteiger partial charge in [-0.15, -0.1) is 0 Å². The molecule has 2 aromatic rings. The summed E-state index contributed by atoms with van der Waals surface area (Å²) < 4.78 is 2.17. The van der Waals surface area contributed by atoms with E-state index in [1.54, 1.807) is 0 Å². The Morgan fingerprint density at radius 1 is 0.750 bits per heavy atom. The largest absolute Gasteiger partial charge is 0.243 e. The molecule has 0 saturated carbocycles. The maximum Gasteiger partial charge on any atom is 0.160 e. The quantitative estimate of drug-likeness (QED) is 0.566. The molecule has 0 fully saturated rings. The van der Waals surface area contributed by atoms with Crippen molar-refractivity contribution in [2.75, 3.05) is 0 Å². The average molecular weight is 326 g/mol. The lowest BCUT2D eigenvalue weighted by atomic mass is 10.0. The Labute approximate surface area is 131 Å². The molecule has 0 saturated heterocycles. The van der Waals surface area contributed by atoms with Crippen LogP contribution in [0.25, 0.3) is 0 Å². The van der Waals surface area contributed by atoms with Crippen molar-refractivity contribution in [3.05, 3.63) is 71.8 Å². The van der Waals surface area contributed by atoms with Gasteiger partial charge in [0.15, 0.2) is 6.78 Å². The SMILES string of the molecule is C[C@@H](c1ccccc1)N([C@@H](C)c1ccccc1)P(Cl)Cl. The van der Waals surface area contributed by atoms with Crippen LogP contribution in [0.15, 0.2) is 60.7 Å². The molecule has 0 heterocycles. The predicted molar refractivity (Wildman–Crippen MR) is 90.2 cm³/mol. The van der Waals surface area contributed by atoms with E-state index < -0.39 is 6.78 Å². The normalized spacial score (nSPS) is 14.5. The van der Waals surface area contributed by atoms with Gasteiger partial charge in [0.1, 0.15) is 0 Å². The topological polar surface area (TPSA) is 3.24 Å². The summed E-state index contributed by atoms with van der Waals surface area (Å²) in [5, 5.41) is 0. The fourth-order valence-corrected chi connectivity index (χ4v) is 4.73. The Balaban J connectivity index is 2.28. The van der Waals surface area contributed by atoms with Gasteiger partial charge in [-0.2, -0.15) is 0 Å². The summed E-state index contributed by atoms with van der Waals surface area (Å²) in [5.74, 6) is 0. The lowest BCUT2D eigenvalue weighted by Crippen LogP contribution is -2.23. The molecule has 0 aliphatic rings. The van der Waals surface area contributed by atoms with Gasteiger partial charge in [-0.3, -0.25) is 0 Å². The van der Waals surface area contributed by atoms with Crippen molar-refractivity contribution >= 4 is 29.3 Å². The van der Waals surface area contributed by atoms with Gasteiger partial charge in [0.2, 0.25) is 0 Å². The molecule has 0 unspecified atom stereocenters. The van der Waals surface area contributed by atoms with Gasteiger partial charge in [0.25, 0.3) is 0 Å². The van der Waals surface area contributed by atoms with E-state index in [-0.39, 0.29) is 12.1 Å². The molecule has 2 rings (SSSR count). The number of nitrogens with zero attached hydrogens (tertiary/aromatic N) is 1. The highest BCUT2D eigenvalue weighted by Crippen LogP contribution is 2.58. The summed E-state index contributed by atoms with van der Waals surface area (Å²) in [4.78, 5) is 0. The molecule has 0 bridgehead atoms. The van der Waals surface area contributed by atoms with E-state index in [1.165, 1.54) is 11.1 Å². The maximum atomic E-state index is 6.29. The third-order valence-electron chi connectivity index (χ3n) is 3.53. The molecule has 20 heavy (non-hydrogen) atoms. The summed E-state index contributed by atoms with van der Waals surface area (Å²) in [6.07, 6.45) is 0. The maximum absolute atomic E-state index is 6.29. The number of hydrogen-bond donors (Lipinski definition) is 0. The van der Waals surface area contributed by atoms with Gasteiger partial charge >= 0.3 is 0 Å². The molecular formula is C16H18Cl2NP. The Morgan fingerprint density at radius 3 is 1.40 bits per heavy atom. The highest BCUT2D eigenvalue weighted by molar-refractivity contribution is 8.02. The van der Waals surface area contributed by atoms with Crippen LogP contribution in [0.5, 0.6) is 0 Å². The van der Waals surface area contributed by atoms with E-state index in [9.17, 15) is 0 Å². The van der Waals surface area contributed by atoms with E-state index in [0.717, 1.165) is 0 Å². The van der Waals surface area contributed by atoms with Crippen molar-refractivity contribution in [2.45, 2.75) is 25.9 Å². The molecule has 1 nitrogen and oxygen atoms in total. The van der Waals surface area contributed by atoms with Crippen molar-refractivity contribution in [3.8, 4) is 0 Å². The van der Waals surface area contributed by atoms with Gasteiger partial charge in [0, 0.05) is 12.1 Å². The Morgan fingerprint density at radius 2 is 1.10 bits per heavy atom. The molecular weight excluding hydrogens is 308 g/mol. The summed E-state index contributed by atoms with van der Waals surface area (Å²) in [7, 11) is 0. The van der Waals surface area contributed by atoms with Crippen LogP contribution < -0.4 is 0 Å². The zero-order valence-corrected chi connectivity index (χ0v) is 14.0. The highest BCUT2D eigenvalue weighted by Gasteiger charge is 2.27. The molecule has 0 aliphatic carbocycles. The lowest BCUT2D eigenvalue weighted by molar-refractivity contribution is 0.306. The monoisotopic (exact) mass is 325 g/mol. The number of benzene rings is 2. The zero-order chi connectivity index (χ0) is 14.5. The van der Waals surface area contributed by atoms with E-state index >= 15 is 0 Å². The van der Waals surface area contributed by atoms with E-state index in [1.807, 2.05) is 36.4 Å². The standard InChI is InChI=1S/C16H18Cl2NP/c1-13(15-9-5-3-6-10-15)19(20(17)18)14(2)16-11-7-4-8-12-16/h3-14H,1-2H3/t13-,14-/m0/s1. The summed E-state index contributed by atoms with van der Waals surface area (Å²) >= 11 is 12.6. The first kappa shape index (κ1) is 15.8. The molecule has 0 aliphatic heterocycles. The lowest BCUT2D eigenvalue weighted by Gasteiger charge is -2.35. The van der Waals surface area contributed by atoms with Crippen LogP contribution >= 0.6 is 29.3 Å². The summed E-state index contributed by atoms with van der Waals surface area (Å²) in [6, 6.07) is 21.0. The minimum Gasteiger partial charge on any atom is -0.243 e. The van der Waals surface area contributed by atoms with Crippen molar-refractivity contribution in [1.82, 2.24) is 4.67 Å². The van der Waals surface area contributed by atoms with Gasteiger partial charge in [-0.25, -0.2) is 4.67 Å². The average Bonchev–Trinajstić information content (AvgIpc) is 2.48. The van der Waals surface area contributed by atoms with Crippen LogP contribution in [0, 0.1) is 0 Å². The molecule has 2 atom stereocenters. The Hall–Kier alpha value is -0.590. The molecule has 2 aromatic carbocycles. The van der Waals surface area contributed by atoms with Crippen LogP contribution in [-0.2, 0) is 0 Å². The second-order valence-electron chi connectivity index (χ2n) is 4.77. The number of halogens is 2. The predicted octanol–water partition coefficient (Wildman–Crippen LogP) is 6.52. The van der Waals surface area contributed by atoms with Gasteiger partial charge < -0.3 is 0 Å². The molecule has 106 valence electrons. The van der Waals surface area contributed by atoms with Crippen LogP contribution in [0.4, 0.5) is 0 Å². The minimum atomic E-state index is -1.21. The van der Waals surface area contributed by atoms with E-state index in [2.05, 4.69) is 42.8 Å². The molecule has 0 radical (unpaired) electrons. The first-order valence-electron chi connectivity index (χ1n) is 6.61. The smallest absolute Gasteiger partial charge is 0.160 e. The minimum absolute atomic E-state index is 0.174. The number of hydrogen-bond acceptors (Lipinski definition) is 1. The zero-order valence-electron chi connectivity index (χ0n) is 11.6. The van der Waals surface area contributed by atoms with Crippen molar-refractivity contribution in [2.24, 2.45) is 0 Å². The van der Waals surface area contributed by atoms with Crippen molar-refractivity contribution < 1.29 is 0 Å². The van der Waals surface area contributed by atoms with Crippen LogP contribution in [0.2, 0.25) is 0 Å². The van der Waals surface area contributed by atoms with E-state index in [4.69, 9.17) is 22.5 Å². The fraction of sp³-hybridized carbons (Fsp3) is 0.250. The molecule has 4 heteroatoms. The van der Waals surface area contributed by atoms with Gasteiger partial charge in [-0.1, -0.05) is 83.1 Å². The third-order valence-corrected chi connectivity index (χ3v) is 5.62. The third kappa shape index (κ3) is 3.74. The second-order valence-corrected chi connectivity index (χ2v) is 8.10. The van der Waals surface area contributed by atoms with Gasteiger partial charge in [-0.05, 0) is 25.0 Å². The van der Waals surface area contributed by atoms with Crippen molar-refractivity contribution in [3.63, 3.8) is 0 Å². The molecule has 0 N–H and O–H groups in total. The van der Waals surface area contributed by atoms with Gasteiger partial charge in [0.05, 0.1) is 0 Å². The Bertz CT molecular complexity index is 473. The highest BCUT2D eigenvalue weighted by atomic mass is 35.9. The Kier molecular flexibility index (Phi) is 5.86. The number of rotatable bonds is 5. The molecule has 0 spiro atoms. The summed E-state index contributed by atoms with van der Waals surface area (Å²) in [6.45, 7) is 3.08. The van der Waals surface area contributed by atoms with E-state index in [0.29, 0.717) is 0 Å². The van der Waals surface area contributed by atoms with Crippen LogP contribution in [0.1, 0.15) is 37.1 Å². The van der Waals surface area contributed by atoms with Crippen molar-refractivity contribution in [1.29, 1.82) is 0 Å². The first-order chi connectivity index (χ1) is 9.61. The summed E-state index contributed by atoms with van der Waals surface area (Å²) in [5.41, 5.74) is 2.45. The van der Waals surface area contributed by atoms with Crippen LogP contribution in [0.3, 0.4) is 0 Å². The fourth-order valence-electron chi connectivity index (χ4n) is 2.37.